The maximum atomic E-state index is 13.6. The van der Waals surface area contributed by atoms with Crippen LogP contribution < -0.4 is 5.32 Å². The first-order valence-corrected chi connectivity index (χ1v) is 7.13. The van der Waals surface area contributed by atoms with Gasteiger partial charge in [-0.25, -0.2) is 8.78 Å². The van der Waals surface area contributed by atoms with Crippen LogP contribution in [0.3, 0.4) is 0 Å². The van der Waals surface area contributed by atoms with Gasteiger partial charge in [0.2, 0.25) is 0 Å². The van der Waals surface area contributed by atoms with Crippen molar-refractivity contribution in [1.82, 2.24) is 5.32 Å². The van der Waals surface area contributed by atoms with Crippen LogP contribution in [0.5, 0.6) is 0 Å². The third-order valence-electron chi connectivity index (χ3n) is 2.72. The Morgan fingerprint density at radius 3 is 2.65 bits per heavy atom. The lowest BCUT2D eigenvalue weighted by molar-refractivity contribution is 0.517. The fraction of sp³-hybridized carbons (Fsp3) is 0.538. The molecule has 1 aromatic rings. The molecular weight excluding hydrogens is 240 g/mol. The lowest BCUT2D eigenvalue weighted by Gasteiger charge is -2.15. The third-order valence-corrected chi connectivity index (χ3v) is 3.42. The van der Waals surface area contributed by atoms with E-state index in [0.29, 0.717) is 11.1 Å². The molecule has 1 N–H and O–H groups in total. The molecule has 96 valence electrons. The predicted octanol–water partition coefficient (Wildman–Crippen LogP) is 3.68. The van der Waals surface area contributed by atoms with Crippen molar-refractivity contribution in [1.29, 1.82) is 0 Å². The Labute approximate surface area is 106 Å². The summed E-state index contributed by atoms with van der Waals surface area (Å²) >= 11 is 1.78. The van der Waals surface area contributed by atoms with Crippen LogP contribution >= 0.6 is 11.8 Å². The molecule has 0 aliphatic carbocycles. The Bertz CT molecular complexity index is 369. The van der Waals surface area contributed by atoms with Crippen molar-refractivity contribution in [2.75, 3.05) is 18.6 Å². The number of aryl methyl sites for hydroxylation is 1. The van der Waals surface area contributed by atoms with Crippen molar-refractivity contribution in [2.24, 2.45) is 0 Å². The number of halogens is 2. The Morgan fingerprint density at radius 1 is 1.29 bits per heavy atom. The zero-order chi connectivity index (χ0) is 12.8. The highest BCUT2D eigenvalue weighted by atomic mass is 32.2. The molecule has 1 aromatic carbocycles. The molecule has 4 heteroatoms. The summed E-state index contributed by atoms with van der Waals surface area (Å²) in [5.41, 5.74) is 0.748. The molecule has 0 spiro atoms. The van der Waals surface area contributed by atoms with Gasteiger partial charge in [0.25, 0.3) is 0 Å². The topological polar surface area (TPSA) is 12.0 Å². The third kappa shape index (κ3) is 4.28. The summed E-state index contributed by atoms with van der Waals surface area (Å²) in [6.45, 7) is 4.24. The standard InChI is InChI=1S/C13H19F2NS/c1-9-7-13(15)11(8-12(9)14)10(2)16-5-4-6-17-3/h7-8,10,16H,4-6H2,1-3H3. The molecule has 0 saturated carbocycles. The number of benzene rings is 1. The second-order valence-corrected chi connectivity index (χ2v) is 5.13. The van der Waals surface area contributed by atoms with Gasteiger partial charge in [-0.2, -0.15) is 11.8 Å². The van der Waals surface area contributed by atoms with E-state index in [1.807, 2.05) is 6.92 Å². The highest BCUT2D eigenvalue weighted by Crippen LogP contribution is 2.20. The minimum atomic E-state index is -0.348. The molecule has 1 nitrogen and oxygen atoms in total. The molecule has 0 bridgehead atoms. The summed E-state index contributed by atoms with van der Waals surface area (Å²) in [6, 6.07) is 2.38. The van der Waals surface area contributed by atoms with Gasteiger partial charge in [-0.3, -0.25) is 0 Å². The zero-order valence-electron chi connectivity index (χ0n) is 10.5. The summed E-state index contributed by atoms with van der Waals surface area (Å²) in [7, 11) is 0. The van der Waals surface area contributed by atoms with Gasteiger partial charge in [-0.15, -0.1) is 0 Å². The smallest absolute Gasteiger partial charge is 0.128 e. The SMILES string of the molecule is CSCCCNC(C)c1cc(F)c(C)cc1F. The second kappa shape index (κ2) is 6.97. The van der Waals surface area contributed by atoms with E-state index in [1.165, 1.54) is 12.1 Å². The Balaban J connectivity index is 2.62. The minimum Gasteiger partial charge on any atom is -0.310 e. The van der Waals surface area contributed by atoms with E-state index in [4.69, 9.17) is 0 Å². The summed E-state index contributed by atoms with van der Waals surface area (Å²) in [5, 5.41) is 3.20. The van der Waals surface area contributed by atoms with Crippen molar-refractivity contribution in [3.05, 3.63) is 34.9 Å². The second-order valence-electron chi connectivity index (χ2n) is 4.15. The maximum Gasteiger partial charge on any atom is 0.128 e. The summed E-state index contributed by atoms with van der Waals surface area (Å²) in [6.07, 6.45) is 3.08. The molecule has 1 unspecified atom stereocenters. The first kappa shape index (κ1) is 14.5. The number of thioether (sulfide) groups is 1. The summed E-state index contributed by atoms with van der Waals surface area (Å²) < 4.78 is 27.0. The van der Waals surface area contributed by atoms with Gasteiger partial charge in [0.05, 0.1) is 0 Å². The van der Waals surface area contributed by atoms with Crippen LogP contribution in [0.25, 0.3) is 0 Å². The van der Waals surface area contributed by atoms with Crippen LogP contribution in [0.2, 0.25) is 0 Å². The number of hydrogen-bond acceptors (Lipinski definition) is 2. The number of hydrogen-bond donors (Lipinski definition) is 1. The van der Waals surface area contributed by atoms with E-state index in [2.05, 4.69) is 11.6 Å². The van der Waals surface area contributed by atoms with Gasteiger partial charge in [0.15, 0.2) is 0 Å². The maximum absolute atomic E-state index is 13.6. The summed E-state index contributed by atoms with van der Waals surface area (Å²) in [4.78, 5) is 0. The van der Waals surface area contributed by atoms with Crippen LogP contribution in [0.15, 0.2) is 12.1 Å². The molecule has 0 amide bonds. The quantitative estimate of drug-likeness (QED) is 0.782. The van der Waals surface area contributed by atoms with Crippen LogP contribution in [-0.2, 0) is 0 Å². The van der Waals surface area contributed by atoms with Gasteiger partial charge < -0.3 is 5.32 Å². The van der Waals surface area contributed by atoms with Crippen molar-refractivity contribution in [2.45, 2.75) is 26.3 Å². The fourth-order valence-electron chi connectivity index (χ4n) is 1.64. The first-order valence-electron chi connectivity index (χ1n) is 5.74. The molecule has 0 aromatic heterocycles. The van der Waals surface area contributed by atoms with E-state index in [-0.39, 0.29) is 17.7 Å². The van der Waals surface area contributed by atoms with Crippen molar-refractivity contribution >= 4 is 11.8 Å². The summed E-state index contributed by atoms with van der Waals surface area (Å²) in [5.74, 6) is 0.387. The van der Waals surface area contributed by atoms with Gasteiger partial charge in [0.1, 0.15) is 11.6 Å². The first-order chi connectivity index (χ1) is 8.06. The number of nitrogens with one attached hydrogen (secondary N) is 1. The Kier molecular flexibility index (Phi) is 5.92. The molecule has 0 aliphatic heterocycles. The Hall–Kier alpha value is -0.610. The fourth-order valence-corrected chi connectivity index (χ4v) is 2.07. The average molecular weight is 259 g/mol. The van der Waals surface area contributed by atoms with Gasteiger partial charge in [0, 0.05) is 11.6 Å². The van der Waals surface area contributed by atoms with Crippen LogP contribution in [0, 0.1) is 18.6 Å². The average Bonchev–Trinajstić information content (AvgIpc) is 2.29. The number of rotatable bonds is 6. The van der Waals surface area contributed by atoms with E-state index < -0.39 is 0 Å². The molecule has 1 rings (SSSR count). The molecular formula is C13H19F2NS. The van der Waals surface area contributed by atoms with Crippen molar-refractivity contribution in [3.63, 3.8) is 0 Å². The Morgan fingerprint density at radius 2 is 2.00 bits per heavy atom. The minimum absolute atomic E-state index is 0.160. The molecule has 0 fully saturated rings. The van der Waals surface area contributed by atoms with Crippen molar-refractivity contribution < 1.29 is 8.78 Å². The molecule has 0 heterocycles. The largest absolute Gasteiger partial charge is 0.310 e. The van der Waals surface area contributed by atoms with E-state index in [0.717, 1.165) is 18.7 Å². The highest BCUT2D eigenvalue weighted by Gasteiger charge is 2.13. The predicted molar refractivity (Wildman–Crippen MR) is 70.5 cm³/mol. The van der Waals surface area contributed by atoms with Crippen LogP contribution in [-0.4, -0.2) is 18.6 Å². The molecule has 1 atom stereocenters. The normalized spacial score (nSPS) is 12.8. The molecule has 0 radical (unpaired) electrons. The highest BCUT2D eigenvalue weighted by molar-refractivity contribution is 7.98. The monoisotopic (exact) mass is 259 g/mol. The van der Waals surface area contributed by atoms with E-state index in [1.54, 1.807) is 18.7 Å². The lowest BCUT2D eigenvalue weighted by Crippen LogP contribution is -2.21. The molecule has 0 saturated heterocycles. The molecule has 0 aliphatic rings. The van der Waals surface area contributed by atoms with Gasteiger partial charge in [-0.05, 0) is 56.5 Å². The van der Waals surface area contributed by atoms with E-state index >= 15 is 0 Å². The van der Waals surface area contributed by atoms with Crippen LogP contribution in [0.1, 0.15) is 30.5 Å². The van der Waals surface area contributed by atoms with Gasteiger partial charge >= 0.3 is 0 Å². The lowest BCUT2D eigenvalue weighted by atomic mass is 10.0. The zero-order valence-corrected chi connectivity index (χ0v) is 11.3. The van der Waals surface area contributed by atoms with Crippen molar-refractivity contribution in [3.8, 4) is 0 Å². The van der Waals surface area contributed by atoms with E-state index in [9.17, 15) is 8.78 Å². The van der Waals surface area contributed by atoms with Gasteiger partial charge in [-0.1, -0.05) is 0 Å². The molecule has 17 heavy (non-hydrogen) atoms. The van der Waals surface area contributed by atoms with Crippen LogP contribution in [0.4, 0.5) is 8.78 Å².